The van der Waals surface area contributed by atoms with Gasteiger partial charge in [0.15, 0.2) is 0 Å². The molecule has 0 aliphatic carbocycles. The van der Waals surface area contributed by atoms with E-state index in [4.69, 9.17) is 0 Å². The summed E-state index contributed by atoms with van der Waals surface area (Å²) >= 11 is 0. The Morgan fingerprint density at radius 1 is 1.36 bits per heavy atom. The van der Waals surface area contributed by atoms with Crippen LogP contribution in [-0.2, 0) is 6.18 Å². The minimum absolute atomic E-state index is 0.117. The van der Waals surface area contributed by atoms with Gasteiger partial charge in [0, 0.05) is 18.3 Å². The Balaban J connectivity index is 2.58. The van der Waals surface area contributed by atoms with Crippen molar-refractivity contribution in [2.24, 2.45) is 0 Å². The van der Waals surface area contributed by atoms with E-state index in [1.54, 1.807) is 6.08 Å². The second-order valence-electron chi connectivity index (χ2n) is 2.90. The number of alkyl halides is 3. The fourth-order valence-electron chi connectivity index (χ4n) is 1.36. The van der Waals surface area contributed by atoms with Crippen LogP contribution in [0.5, 0.6) is 0 Å². The van der Waals surface area contributed by atoms with Crippen molar-refractivity contribution in [1.82, 2.24) is 4.98 Å². The van der Waals surface area contributed by atoms with Crippen molar-refractivity contribution in [3.05, 3.63) is 29.5 Å². The number of aromatic nitrogens is 1. The minimum Gasteiger partial charge on any atom is -0.366 e. The number of rotatable bonds is 0. The quantitative estimate of drug-likeness (QED) is 0.696. The molecule has 0 atom stereocenters. The predicted molar refractivity (Wildman–Crippen MR) is 46.8 cm³/mol. The number of pyridine rings is 1. The number of nitrogens with one attached hydrogen (secondary N) is 1. The van der Waals surface area contributed by atoms with Crippen molar-refractivity contribution in [3.8, 4) is 0 Å². The van der Waals surface area contributed by atoms with Crippen LogP contribution in [0, 0.1) is 0 Å². The second-order valence-corrected chi connectivity index (χ2v) is 2.90. The van der Waals surface area contributed by atoms with Crippen molar-refractivity contribution < 1.29 is 13.2 Å². The number of halogens is 3. The van der Waals surface area contributed by atoms with Gasteiger partial charge in [-0.1, -0.05) is 12.2 Å². The highest BCUT2D eigenvalue weighted by Crippen LogP contribution is 2.35. The van der Waals surface area contributed by atoms with Crippen LogP contribution in [0.2, 0.25) is 0 Å². The van der Waals surface area contributed by atoms with E-state index in [-0.39, 0.29) is 5.56 Å². The molecule has 1 aromatic heterocycles. The largest absolute Gasteiger partial charge is 0.417 e. The maximum Gasteiger partial charge on any atom is 0.417 e. The normalized spacial score (nSPS) is 14.8. The number of hydrogen-bond acceptors (Lipinski definition) is 2. The SMILES string of the molecule is FC(F)(F)c1ccnc2c1C=CCN2. The molecule has 14 heavy (non-hydrogen) atoms. The molecule has 0 aromatic carbocycles. The first kappa shape index (κ1) is 9.05. The Kier molecular flexibility index (Phi) is 1.94. The fourth-order valence-corrected chi connectivity index (χ4v) is 1.36. The van der Waals surface area contributed by atoms with Gasteiger partial charge in [-0.25, -0.2) is 4.98 Å². The first-order valence-corrected chi connectivity index (χ1v) is 4.05. The summed E-state index contributed by atoms with van der Waals surface area (Å²) in [6.45, 7) is 0.515. The highest BCUT2D eigenvalue weighted by atomic mass is 19.4. The van der Waals surface area contributed by atoms with Crippen LogP contribution in [-0.4, -0.2) is 11.5 Å². The highest BCUT2D eigenvalue weighted by molar-refractivity contribution is 5.69. The maximum absolute atomic E-state index is 12.5. The van der Waals surface area contributed by atoms with Gasteiger partial charge < -0.3 is 5.32 Å². The standard InChI is InChI=1S/C9H7F3N2/c10-9(11,12)7-3-5-14-8-6(7)2-1-4-13-8/h1-3,5H,4H2,(H,13,14). The lowest BCUT2D eigenvalue weighted by Gasteiger charge is -2.16. The Hall–Kier alpha value is -1.52. The van der Waals surface area contributed by atoms with E-state index in [2.05, 4.69) is 10.3 Å². The Morgan fingerprint density at radius 2 is 2.14 bits per heavy atom. The summed E-state index contributed by atoms with van der Waals surface area (Å²) in [5, 5.41) is 2.78. The van der Waals surface area contributed by atoms with Gasteiger partial charge in [0.25, 0.3) is 0 Å². The number of anilines is 1. The molecule has 0 saturated carbocycles. The third-order valence-corrected chi connectivity index (χ3v) is 1.97. The van der Waals surface area contributed by atoms with Gasteiger partial charge in [0.05, 0.1) is 5.56 Å². The molecule has 2 nitrogen and oxygen atoms in total. The summed E-state index contributed by atoms with van der Waals surface area (Å²) in [4.78, 5) is 3.83. The molecule has 0 bridgehead atoms. The zero-order chi connectivity index (χ0) is 10.2. The molecular weight excluding hydrogens is 193 g/mol. The van der Waals surface area contributed by atoms with Crippen LogP contribution in [0.15, 0.2) is 18.3 Å². The monoisotopic (exact) mass is 200 g/mol. The van der Waals surface area contributed by atoms with Crippen LogP contribution in [0.3, 0.4) is 0 Å². The molecule has 0 fully saturated rings. The lowest BCUT2D eigenvalue weighted by atomic mass is 10.1. The molecule has 1 aliphatic rings. The van der Waals surface area contributed by atoms with Gasteiger partial charge in [-0.2, -0.15) is 13.2 Å². The Morgan fingerprint density at radius 3 is 2.86 bits per heavy atom. The fraction of sp³-hybridized carbons (Fsp3) is 0.222. The van der Waals surface area contributed by atoms with E-state index in [1.165, 1.54) is 6.08 Å². The summed E-state index contributed by atoms with van der Waals surface area (Å²) < 4.78 is 37.5. The average Bonchev–Trinajstić information content (AvgIpc) is 2.15. The molecule has 0 saturated heterocycles. The topological polar surface area (TPSA) is 24.9 Å². The van der Waals surface area contributed by atoms with Crippen LogP contribution < -0.4 is 5.32 Å². The van der Waals surface area contributed by atoms with Gasteiger partial charge >= 0.3 is 6.18 Å². The van der Waals surface area contributed by atoms with Gasteiger partial charge in [-0.3, -0.25) is 0 Å². The van der Waals surface area contributed by atoms with Gasteiger partial charge in [0.1, 0.15) is 5.82 Å². The molecule has 74 valence electrons. The smallest absolute Gasteiger partial charge is 0.366 e. The summed E-state index contributed by atoms with van der Waals surface area (Å²) in [5.74, 6) is 0.294. The molecule has 5 heteroatoms. The molecule has 0 unspecified atom stereocenters. The van der Waals surface area contributed by atoms with Crippen molar-refractivity contribution in [2.45, 2.75) is 6.18 Å². The molecule has 2 rings (SSSR count). The molecule has 1 N–H and O–H groups in total. The third-order valence-electron chi connectivity index (χ3n) is 1.97. The third kappa shape index (κ3) is 1.45. The lowest BCUT2D eigenvalue weighted by Crippen LogP contribution is -2.13. The van der Waals surface area contributed by atoms with Gasteiger partial charge in [-0.05, 0) is 6.07 Å². The first-order valence-electron chi connectivity index (χ1n) is 4.05. The number of hydrogen-bond donors (Lipinski definition) is 1. The molecule has 0 radical (unpaired) electrons. The van der Waals surface area contributed by atoms with Gasteiger partial charge in [0.2, 0.25) is 0 Å². The van der Waals surface area contributed by atoms with Crippen molar-refractivity contribution >= 4 is 11.9 Å². The van der Waals surface area contributed by atoms with E-state index in [0.717, 1.165) is 12.3 Å². The Labute approximate surface area is 78.5 Å². The zero-order valence-corrected chi connectivity index (χ0v) is 7.10. The summed E-state index contributed by atoms with van der Waals surface area (Å²) in [7, 11) is 0. The van der Waals surface area contributed by atoms with Crippen molar-refractivity contribution in [2.75, 3.05) is 11.9 Å². The zero-order valence-electron chi connectivity index (χ0n) is 7.10. The van der Waals surface area contributed by atoms with Crippen LogP contribution in [0.4, 0.5) is 19.0 Å². The molecule has 2 heterocycles. The average molecular weight is 200 g/mol. The molecular formula is C9H7F3N2. The van der Waals surface area contributed by atoms with Gasteiger partial charge in [-0.15, -0.1) is 0 Å². The minimum atomic E-state index is -4.32. The molecule has 1 aliphatic heterocycles. The number of fused-ring (bicyclic) bond motifs is 1. The van der Waals surface area contributed by atoms with Crippen LogP contribution in [0.25, 0.3) is 6.08 Å². The predicted octanol–water partition coefficient (Wildman–Crippen LogP) is 2.54. The van der Waals surface area contributed by atoms with Crippen LogP contribution in [0.1, 0.15) is 11.1 Å². The second kappa shape index (κ2) is 3.01. The summed E-state index contributed by atoms with van der Waals surface area (Å²) in [6.07, 6.45) is -0.0783. The van der Waals surface area contributed by atoms with E-state index in [0.29, 0.717) is 12.4 Å². The summed E-state index contributed by atoms with van der Waals surface area (Å²) in [6, 6.07) is 0.982. The van der Waals surface area contributed by atoms with E-state index < -0.39 is 11.7 Å². The van der Waals surface area contributed by atoms with E-state index >= 15 is 0 Å². The maximum atomic E-state index is 12.5. The van der Waals surface area contributed by atoms with E-state index in [9.17, 15) is 13.2 Å². The van der Waals surface area contributed by atoms with Crippen molar-refractivity contribution in [3.63, 3.8) is 0 Å². The molecule has 1 aromatic rings. The van der Waals surface area contributed by atoms with Crippen LogP contribution >= 0.6 is 0 Å². The molecule has 0 amide bonds. The molecule has 0 spiro atoms. The Bertz CT molecular complexity index is 382. The first-order chi connectivity index (χ1) is 6.59. The van der Waals surface area contributed by atoms with Crippen molar-refractivity contribution in [1.29, 1.82) is 0 Å². The number of nitrogens with zero attached hydrogens (tertiary/aromatic N) is 1. The van der Waals surface area contributed by atoms with E-state index in [1.807, 2.05) is 0 Å². The summed E-state index contributed by atoms with van der Waals surface area (Å²) in [5.41, 5.74) is -0.530. The lowest BCUT2D eigenvalue weighted by molar-refractivity contribution is -0.137. The highest BCUT2D eigenvalue weighted by Gasteiger charge is 2.34.